The number of piperidine rings is 1. The number of benzene rings is 1. The first-order valence-electron chi connectivity index (χ1n) is 10.8. The zero-order valence-electron chi connectivity index (χ0n) is 19.4. The number of nitrogens with one attached hydrogen (secondary N) is 1. The molecule has 2 aliphatic rings. The Balaban J connectivity index is 1.87. The van der Waals surface area contributed by atoms with Gasteiger partial charge >= 0.3 is 6.03 Å². The normalized spacial score (nSPS) is 21.5. The Labute approximate surface area is 192 Å². The fourth-order valence-corrected chi connectivity index (χ4v) is 3.83. The van der Waals surface area contributed by atoms with Gasteiger partial charge in [-0.1, -0.05) is 20.8 Å². The smallest absolute Gasteiger partial charge is 0.341 e. The molecule has 1 aromatic rings. The van der Waals surface area contributed by atoms with Gasteiger partial charge in [0.25, 0.3) is 0 Å². The highest BCUT2D eigenvalue weighted by Gasteiger charge is 2.40. The van der Waals surface area contributed by atoms with E-state index in [9.17, 15) is 23.5 Å². The number of β-amino-alcohol motifs (C(OH)–C–C–N with tert-alkyl or cyclic N) is 1. The van der Waals surface area contributed by atoms with Crippen molar-refractivity contribution >= 4 is 23.3 Å². The minimum Gasteiger partial charge on any atom is -0.398 e. The second-order valence-electron chi connectivity index (χ2n) is 9.71. The number of rotatable bonds is 3. The van der Waals surface area contributed by atoms with E-state index in [2.05, 4.69) is 10.3 Å². The largest absolute Gasteiger partial charge is 0.398 e. The van der Waals surface area contributed by atoms with Gasteiger partial charge in [0.2, 0.25) is 5.91 Å². The molecule has 8 nitrogen and oxygen atoms in total. The molecule has 2 aliphatic heterocycles. The molecule has 3 amide bonds. The number of nitrogens with two attached hydrogens (primary N) is 1. The summed E-state index contributed by atoms with van der Waals surface area (Å²) in [5.41, 5.74) is 7.20. The van der Waals surface area contributed by atoms with Gasteiger partial charge in [0.05, 0.1) is 11.8 Å². The lowest BCUT2D eigenvalue weighted by Gasteiger charge is -2.41. The molecule has 33 heavy (non-hydrogen) atoms. The van der Waals surface area contributed by atoms with E-state index >= 15 is 0 Å². The third kappa shape index (κ3) is 5.75. The Morgan fingerprint density at radius 2 is 1.91 bits per heavy atom. The summed E-state index contributed by atoms with van der Waals surface area (Å²) in [6, 6.07) is 1.88. The molecular formula is C23H31F2N5O3. The lowest BCUT2D eigenvalue weighted by Crippen LogP contribution is -2.61. The van der Waals surface area contributed by atoms with Crippen LogP contribution in [0.1, 0.15) is 32.8 Å². The van der Waals surface area contributed by atoms with E-state index in [1.165, 1.54) is 11.0 Å². The molecule has 2 heterocycles. The monoisotopic (exact) mass is 463 g/mol. The van der Waals surface area contributed by atoms with Gasteiger partial charge in [0, 0.05) is 49.4 Å². The topological polar surface area (TPSA) is 111 Å². The fraction of sp³-hybridized carbons (Fsp3) is 0.522. The van der Waals surface area contributed by atoms with E-state index in [0.717, 1.165) is 12.1 Å². The zero-order chi connectivity index (χ0) is 24.5. The highest BCUT2D eigenvalue weighted by Crippen LogP contribution is 2.25. The summed E-state index contributed by atoms with van der Waals surface area (Å²) in [5, 5.41) is 12.2. The standard InChI is InChI=1S/C23H31F2N5O3/c1-23(2,3)20(21(32)30-10-14(31)11-30)28-22(33)27-18-7-8-29(4)12-15(18)19(26)13-5-6-16(24)17(25)9-13/h5-6,9,14,20,31H,7-8,10-12,26H2,1-4H3,(H,28,33)/t20-/m1/s1. The van der Waals surface area contributed by atoms with Gasteiger partial charge in [-0.25, -0.2) is 13.6 Å². The second-order valence-corrected chi connectivity index (χ2v) is 9.71. The third-order valence-corrected chi connectivity index (χ3v) is 5.85. The first kappa shape index (κ1) is 24.8. The van der Waals surface area contributed by atoms with Crippen molar-refractivity contribution in [2.45, 2.75) is 39.3 Å². The number of hydrogen-bond donors (Lipinski definition) is 3. The van der Waals surface area contributed by atoms with Gasteiger partial charge in [0.15, 0.2) is 11.6 Å². The number of carbonyl (C=O) groups excluding carboxylic acids is 2. The Hall–Kier alpha value is -2.85. The highest BCUT2D eigenvalue weighted by molar-refractivity contribution is 6.11. The van der Waals surface area contributed by atoms with E-state index in [1.54, 1.807) is 0 Å². The van der Waals surface area contributed by atoms with Crippen LogP contribution in [0.4, 0.5) is 13.6 Å². The minimum absolute atomic E-state index is 0.213. The predicted molar refractivity (Wildman–Crippen MR) is 121 cm³/mol. The van der Waals surface area contributed by atoms with Crippen molar-refractivity contribution in [1.82, 2.24) is 15.1 Å². The van der Waals surface area contributed by atoms with E-state index in [-0.39, 0.29) is 24.7 Å². The van der Waals surface area contributed by atoms with Gasteiger partial charge in [-0.2, -0.15) is 4.99 Å². The maximum atomic E-state index is 13.7. The van der Waals surface area contributed by atoms with Crippen molar-refractivity contribution in [2.75, 3.05) is 33.2 Å². The molecule has 2 fully saturated rings. The number of carbonyl (C=O) groups is 2. The third-order valence-electron chi connectivity index (χ3n) is 5.85. The molecule has 0 unspecified atom stereocenters. The molecule has 1 atom stereocenters. The molecule has 3 rings (SSSR count). The van der Waals surface area contributed by atoms with Gasteiger partial charge in [-0.15, -0.1) is 0 Å². The minimum atomic E-state index is -1.01. The fourth-order valence-electron chi connectivity index (χ4n) is 3.83. The van der Waals surface area contributed by atoms with Crippen LogP contribution in [-0.2, 0) is 4.79 Å². The molecule has 0 radical (unpaired) electrons. The van der Waals surface area contributed by atoms with Crippen LogP contribution in [0.2, 0.25) is 0 Å². The summed E-state index contributed by atoms with van der Waals surface area (Å²) >= 11 is 0. The molecule has 0 aliphatic carbocycles. The van der Waals surface area contributed by atoms with Crippen LogP contribution in [0.3, 0.4) is 0 Å². The quantitative estimate of drug-likeness (QED) is 0.632. The molecule has 2 saturated heterocycles. The summed E-state index contributed by atoms with van der Waals surface area (Å²) in [7, 11) is 1.88. The molecule has 0 spiro atoms. The Bertz CT molecular complexity index is 996. The Morgan fingerprint density at radius 3 is 2.48 bits per heavy atom. The lowest BCUT2D eigenvalue weighted by molar-refractivity contribution is -0.145. The first-order chi connectivity index (χ1) is 15.4. The van der Waals surface area contributed by atoms with E-state index in [4.69, 9.17) is 5.73 Å². The number of likely N-dealkylation sites (tertiary alicyclic amines) is 2. The number of halogens is 2. The van der Waals surface area contributed by atoms with Crippen LogP contribution in [0.5, 0.6) is 0 Å². The lowest BCUT2D eigenvalue weighted by atomic mass is 9.85. The molecule has 4 N–H and O–H groups in total. The van der Waals surface area contributed by atoms with Gasteiger partial charge in [0.1, 0.15) is 6.04 Å². The predicted octanol–water partition coefficient (Wildman–Crippen LogP) is 1.74. The van der Waals surface area contributed by atoms with Crippen LogP contribution in [0.25, 0.3) is 5.70 Å². The molecule has 0 aromatic heterocycles. The van der Waals surface area contributed by atoms with Crippen molar-refractivity contribution in [3.8, 4) is 0 Å². The average Bonchev–Trinajstić information content (AvgIpc) is 2.71. The molecular weight excluding hydrogens is 432 g/mol. The highest BCUT2D eigenvalue weighted by atomic mass is 19.2. The summed E-state index contributed by atoms with van der Waals surface area (Å²) in [5.74, 6) is -2.26. The molecule has 0 bridgehead atoms. The molecule has 0 saturated carbocycles. The molecule has 180 valence electrons. The summed E-state index contributed by atoms with van der Waals surface area (Å²) in [6.45, 7) is 6.99. The average molecular weight is 464 g/mol. The second kappa shape index (κ2) is 9.56. The van der Waals surface area contributed by atoms with E-state index in [0.29, 0.717) is 36.4 Å². The van der Waals surface area contributed by atoms with Crippen LogP contribution in [0.15, 0.2) is 28.8 Å². The Morgan fingerprint density at radius 1 is 1.24 bits per heavy atom. The molecule has 1 aromatic carbocycles. The number of aliphatic hydroxyl groups is 1. The maximum Gasteiger partial charge on any atom is 0.341 e. The SMILES string of the molecule is CN1CCC(=NC(=O)N[C@H](C(=O)N2CC(O)C2)C(C)(C)C)C(=C(N)c2ccc(F)c(F)c2)C1. The van der Waals surface area contributed by atoms with E-state index in [1.807, 2.05) is 32.7 Å². The number of likely N-dealkylation sites (N-methyl/N-ethyl adjacent to an activating group) is 1. The number of hydrogen-bond acceptors (Lipinski definition) is 5. The summed E-state index contributed by atoms with van der Waals surface area (Å²) in [6.07, 6.45) is -0.118. The van der Waals surface area contributed by atoms with Crippen molar-refractivity contribution < 1.29 is 23.5 Å². The van der Waals surface area contributed by atoms with Crippen molar-refractivity contribution in [3.05, 3.63) is 41.0 Å². The van der Waals surface area contributed by atoms with Crippen molar-refractivity contribution in [2.24, 2.45) is 16.1 Å². The van der Waals surface area contributed by atoms with Crippen molar-refractivity contribution in [3.63, 3.8) is 0 Å². The number of urea groups is 1. The Kier molecular flexibility index (Phi) is 7.18. The number of nitrogens with zero attached hydrogens (tertiary/aromatic N) is 3. The first-order valence-corrected chi connectivity index (χ1v) is 10.8. The maximum absolute atomic E-state index is 13.7. The summed E-state index contributed by atoms with van der Waals surface area (Å²) in [4.78, 5) is 33.4. The van der Waals surface area contributed by atoms with Crippen LogP contribution >= 0.6 is 0 Å². The van der Waals surface area contributed by atoms with Crippen LogP contribution in [0, 0.1) is 17.0 Å². The zero-order valence-corrected chi connectivity index (χ0v) is 19.4. The number of aliphatic imine (C=N–C) groups is 1. The van der Waals surface area contributed by atoms with Crippen LogP contribution < -0.4 is 11.1 Å². The van der Waals surface area contributed by atoms with Crippen LogP contribution in [-0.4, -0.2) is 77.9 Å². The molecule has 10 heteroatoms. The van der Waals surface area contributed by atoms with Crippen molar-refractivity contribution in [1.29, 1.82) is 0 Å². The van der Waals surface area contributed by atoms with Gasteiger partial charge in [-0.05, 0) is 30.7 Å². The number of amides is 3. The summed E-state index contributed by atoms with van der Waals surface area (Å²) < 4.78 is 27.1. The van der Waals surface area contributed by atoms with Gasteiger partial charge in [-0.3, -0.25) is 4.79 Å². The van der Waals surface area contributed by atoms with Gasteiger partial charge < -0.3 is 26.0 Å². The van der Waals surface area contributed by atoms with E-state index < -0.39 is 35.2 Å². The number of aliphatic hydroxyl groups excluding tert-OH is 1.